The largest absolute Gasteiger partial charge is 0.478 e. The van der Waals surface area contributed by atoms with Crippen molar-refractivity contribution in [2.75, 3.05) is 4.72 Å². The molecule has 2 rings (SSSR count). The summed E-state index contributed by atoms with van der Waals surface area (Å²) in [5.41, 5.74) is -1.37. The Labute approximate surface area is 125 Å². The average molecular weight is 321 g/mol. The van der Waals surface area contributed by atoms with E-state index >= 15 is 0 Å². The molecule has 0 fully saturated rings. The first-order chi connectivity index (χ1) is 10.3. The van der Waals surface area contributed by atoms with Crippen molar-refractivity contribution in [3.05, 3.63) is 59.7 Å². The summed E-state index contributed by atoms with van der Waals surface area (Å²) >= 11 is 0. The number of carbonyl (C=O) groups is 2. The van der Waals surface area contributed by atoms with Crippen LogP contribution < -0.4 is 4.72 Å². The summed E-state index contributed by atoms with van der Waals surface area (Å²) in [6.45, 7) is 0. The monoisotopic (exact) mass is 321 g/mol. The first kappa shape index (κ1) is 15.5. The normalized spacial score (nSPS) is 10.9. The second-order valence-corrected chi connectivity index (χ2v) is 5.94. The summed E-state index contributed by atoms with van der Waals surface area (Å²) in [6, 6.07) is 10.7. The third-order valence-corrected chi connectivity index (χ3v) is 4.18. The van der Waals surface area contributed by atoms with Gasteiger partial charge in [0.1, 0.15) is 0 Å². The fourth-order valence-corrected chi connectivity index (χ4v) is 2.93. The number of aromatic carboxylic acids is 2. The molecular formula is C14H11NO6S. The summed E-state index contributed by atoms with van der Waals surface area (Å²) in [7, 11) is -4.10. The molecule has 2 aromatic carbocycles. The average Bonchev–Trinajstić information content (AvgIpc) is 2.47. The Morgan fingerprint density at radius 2 is 1.32 bits per heavy atom. The van der Waals surface area contributed by atoms with Crippen LogP contribution in [0.5, 0.6) is 0 Å². The Balaban J connectivity index is 2.58. The third kappa shape index (κ3) is 3.07. The van der Waals surface area contributed by atoms with Gasteiger partial charge in [-0.15, -0.1) is 0 Å². The molecule has 0 aliphatic heterocycles. The van der Waals surface area contributed by atoms with E-state index in [4.69, 9.17) is 10.2 Å². The van der Waals surface area contributed by atoms with Gasteiger partial charge in [0.25, 0.3) is 10.0 Å². The number of carboxylic acids is 2. The molecule has 0 saturated carbocycles. The topological polar surface area (TPSA) is 121 Å². The van der Waals surface area contributed by atoms with Crippen molar-refractivity contribution in [2.24, 2.45) is 0 Å². The SMILES string of the molecule is O=C(O)c1cccc(C(=O)O)c1NS(=O)(=O)c1ccccc1. The predicted octanol–water partition coefficient (Wildman–Crippen LogP) is 1.88. The van der Waals surface area contributed by atoms with Crippen molar-refractivity contribution >= 4 is 27.6 Å². The number of nitrogens with one attached hydrogen (secondary N) is 1. The third-order valence-electron chi connectivity index (χ3n) is 2.82. The Bertz CT molecular complexity index is 797. The van der Waals surface area contributed by atoms with Gasteiger partial charge < -0.3 is 10.2 Å². The molecule has 0 aromatic heterocycles. The molecule has 0 unspecified atom stereocenters. The summed E-state index contributed by atoms with van der Waals surface area (Å²) in [5.74, 6) is -2.87. The van der Waals surface area contributed by atoms with Crippen LogP contribution in [0.3, 0.4) is 0 Å². The van der Waals surface area contributed by atoms with Gasteiger partial charge in [-0.2, -0.15) is 0 Å². The molecule has 114 valence electrons. The molecule has 0 saturated heterocycles. The number of hydrogen-bond acceptors (Lipinski definition) is 4. The van der Waals surface area contributed by atoms with Crippen LogP contribution in [-0.4, -0.2) is 30.6 Å². The second-order valence-electron chi connectivity index (χ2n) is 4.26. The van der Waals surface area contributed by atoms with Crippen LogP contribution in [0.2, 0.25) is 0 Å². The number of rotatable bonds is 5. The Hall–Kier alpha value is -2.87. The van der Waals surface area contributed by atoms with Gasteiger partial charge in [-0.1, -0.05) is 24.3 Å². The van der Waals surface area contributed by atoms with Gasteiger partial charge in [0.05, 0.1) is 21.7 Å². The zero-order valence-corrected chi connectivity index (χ0v) is 11.9. The van der Waals surface area contributed by atoms with Crippen LogP contribution in [0.1, 0.15) is 20.7 Å². The fraction of sp³-hybridized carbons (Fsp3) is 0. The minimum absolute atomic E-state index is 0.105. The molecule has 0 aliphatic carbocycles. The van der Waals surface area contributed by atoms with Gasteiger partial charge in [-0.3, -0.25) is 4.72 Å². The van der Waals surface area contributed by atoms with Gasteiger partial charge >= 0.3 is 11.9 Å². The van der Waals surface area contributed by atoms with E-state index in [2.05, 4.69) is 0 Å². The van der Waals surface area contributed by atoms with E-state index in [-0.39, 0.29) is 4.90 Å². The first-order valence-electron chi connectivity index (χ1n) is 6.00. The van der Waals surface area contributed by atoms with E-state index in [1.165, 1.54) is 30.3 Å². The van der Waals surface area contributed by atoms with Crippen LogP contribution in [0.4, 0.5) is 5.69 Å². The van der Waals surface area contributed by atoms with Crippen LogP contribution in [0.25, 0.3) is 0 Å². The molecule has 0 bridgehead atoms. The van der Waals surface area contributed by atoms with Crippen molar-refractivity contribution < 1.29 is 28.2 Å². The van der Waals surface area contributed by atoms with Crippen LogP contribution in [0.15, 0.2) is 53.4 Å². The highest BCUT2D eigenvalue weighted by Gasteiger charge is 2.23. The van der Waals surface area contributed by atoms with E-state index < -0.39 is 38.8 Å². The lowest BCUT2D eigenvalue weighted by Gasteiger charge is -2.13. The lowest BCUT2D eigenvalue weighted by molar-refractivity contribution is 0.0696. The summed E-state index contributed by atoms with van der Waals surface area (Å²) < 4.78 is 26.6. The Morgan fingerprint density at radius 1 is 0.818 bits per heavy atom. The zero-order chi connectivity index (χ0) is 16.3. The second kappa shape index (κ2) is 5.86. The number of para-hydroxylation sites is 1. The lowest BCUT2D eigenvalue weighted by Crippen LogP contribution is -2.18. The van der Waals surface area contributed by atoms with Crippen molar-refractivity contribution in [3.8, 4) is 0 Å². The smallest absolute Gasteiger partial charge is 0.337 e. The summed E-state index contributed by atoms with van der Waals surface area (Å²) in [6.07, 6.45) is 0. The molecule has 8 heteroatoms. The molecular weight excluding hydrogens is 310 g/mol. The standard InChI is InChI=1S/C14H11NO6S/c16-13(17)10-7-4-8-11(14(18)19)12(10)15-22(20,21)9-5-2-1-3-6-9/h1-8,15H,(H,16,17)(H,18,19). The number of sulfonamides is 1. The number of hydrogen-bond donors (Lipinski definition) is 3. The van der Waals surface area contributed by atoms with Gasteiger partial charge in [0.2, 0.25) is 0 Å². The molecule has 0 atom stereocenters. The van der Waals surface area contributed by atoms with Crippen LogP contribution in [0, 0.1) is 0 Å². The molecule has 0 spiro atoms. The first-order valence-corrected chi connectivity index (χ1v) is 7.48. The lowest BCUT2D eigenvalue weighted by atomic mass is 10.1. The van der Waals surface area contributed by atoms with E-state index in [0.29, 0.717) is 0 Å². The molecule has 7 nitrogen and oxygen atoms in total. The zero-order valence-electron chi connectivity index (χ0n) is 11.1. The minimum atomic E-state index is -4.10. The van der Waals surface area contributed by atoms with Crippen molar-refractivity contribution in [3.63, 3.8) is 0 Å². The fourth-order valence-electron chi connectivity index (χ4n) is 1.81. The maximum Gasteiger partial charge on any atom is 0.337 e. The highest BCUT2D eigenvalue weighted by molar-refractivity contribution is 7.92. The Kier molecular flexibility index (Phi) is 4.13. The Morgan fingerprint density at radius 3 is 1.77 bits per heavy atom. The highest BCUT2D eigenvalue weighted by Crippen LogP contribution is 2.25. The molecule has 0 aliphatic rings. The number of anilines is 1. The molecule has 3 N–H and O–H groups in total. The highest BCUT2D eigenvalue weighted by atomic mass is 32.2. The van der Waals surface area contributed by atoms with E-state index in [0.717, 1.165) is 12.1 Å². The summed E-state index contributed by atoms with van der Waals surface area (Å²) in [5, 5.41) is 18.2. The maximum atomic E-state index is 12.3. The van der Waals surface area contributed by atoms with Crippen molar-refractivity contribution in [1.82, 2.24) is 0 Å². The van der Waals surface area contributed by atoms with Gasteiger partial charge in [0, 0.05) is 0 Å². The maximum absolute atomic E-state index is 12.3. The van der Waals surface area contributed by atoms with Crippen molar-refractivity contribution in [1.29, 1.82) is 0 Å². The predicted molar refractivity (Wildman–Crippen MR) is 77.6 cm³/mol. The summed E-state index contributed by atoms with van der Waals surface area (Å²) in [4.78, 5) is 22.3. The molecule has 2 aromatic rings. The van der Waals surface area contributed by atoms with E-state index in [1.54, 1.807) is 6.07 Å². The van der Waals surface area contributed by atoms with Crippen molar-refractivity contribution in [2.45, 2.75) is 4.90 Å². The van der Waals surface area contributed by atoms with Crippen LogP contribution in [-0.2, 0) is 10.0 Å². The molecule has 0 amide bonds. The number of carboxylic acid groups (broad SMARTS) is 2. The van der Waals surface area contributed by atoms with Crippen LogP contribution >= 0.6 is 0 Å². The molecule has 0 heterocycles. The number of benzene rings is 2. The molecule has 22 heavy (non-hydrogen) atoms. The van der Waals surface area contributed by atoms with Gasteiger partial charge in [-0.05, 0) is 24.3 Å². The van der Waals surface area contributed by atoms with Gasteiger partial charge in [-0.25, -0.2) is 18.0 Å². The quantitative estimate of drug-likeness (QED) is 0.773. The minimum Gasteiger partial charge on any atom is -0.478 e. The van der Waals surface area contributed by atoms with E-state index in [1.807, 2.05) is 4.72 Å². The van der Waals surface area contributed by atoms with Gasteiger partial charge in [0.15, 0.2) is 0 Å². The van der Waals surface area contributed by atoms with E-state index in [9.17, 15) is 18.0 Å². The molecule has 0 radical (unpaired) electrons.